The van der Waals surface area contributed by atoms with Gasteiger partial charge in [0.2, 0.25) is 0 Å². The number of carbonyl (C=O) groups is 1. The van der Waals surface area contributed by atoms with Crippen LogP contribution in [0.4, 0.5) is 0 Å². The molecule has 0 saturated carbocycles. The SMILES string of the molecule is CCOc1cccc(C(=O)N(Cc2sccc2C)C2CCS(=O)(=O)C2)c1. The summed E-state index contributed by atoms with van der Waals surface area (Å²) in [6.45, 7) is 4.86. The zero-order valence-electron chi connectivity index (χ0n) is 15.0. The van der Waals surface area contributed by atoms with Crippen molar-refractivity contribution in [2.24, 2.45) is 0 Å². The lowest BCUT2D eigenvalue weighted by atomic mass is 10.1. The number of carbonyl (C=O) groups excluding carboxylic acids is 1. The summed E-state index contributed by atoms with van der Waals surface area (Å²) in [6.07, 6.45) is 0.490. The molecule has 26 heavy (non-hydrogen) atoms. The summed E-state index contributed by atoms with van der Waals surface area (Å²) < 4.78 is 29.4. The number of benzene rings is 1. The minimum atomic E-state index is -3.08. The molecule has 1 aromatic heterocycles. The van der Waals surface area contributed by atoms with Gasteiger partial charge in [-0.1, -0.05) is 6.07 Å². The first-order valence-corrected chi connectivity index (χ1v) is 11.4. The predicted octanol–water partition coefficient (Wildman–Crippen LogP) is 3.28. The van der Waals surface area contributed by atoms with Crippen molar-refractivity contribution in [1.82, 2.24) is 4.90 Å². The second-order valence-corrected chi connectivity index (χ2v) is 9.71. The molecule has 0 bridgehead atoms. The average molecular weight is 394 g/mol. The van der Waals surface area contributed by atoms with Gasteiger partial charge in [0.1, 0.15) is 5.75 Å². The van der Waals surface area contributed by atoms with Crippen LogP contribution in [0.15, 0.2) is 35.7 Å². The summed E-state index contributed by atoms with van der Waals surface area (Å²) >= 11 is 1.59. The average Bonchev–Trinajstić information content (AvgIpc) is 3.17. The van der Waals surface area contributed by atoms with E-state index in [9.17, 15) is 13.2 Å². The number of nitrogens with zero attached hydrogens (tertiary/aromatic N) is 1. The highest BCUT2D eigenvalue weighted by molar-refractivity contribution is 7.91. The standard InChI is InChI=1S/C19H23NO4S2/c1-3-24-17-6-4-5-15(11-17)19(21)20(12-18-14(2)7-9-25-18)16-8-10-26(22,23)13-16/h4-7,9,11,16H,3,8,10,12-13H2,1-2H3. The van der Waals surface area contributed by atoms with Crippen molar-refractivity contribution in [1.29, 1.82) is 0 Å². The van der Waals surface area contributed by atoms with E-state index in [0.29, 0.717) is 30.9 Å². The molecule has 1 saturated heterocycles. The molecule has 0 radical (unpaired) electrons. The van der Waals surface area contributed by atoms with Gasteiger partial charge in [0, 0.05) is 16.5 Å². The zero-order chi connectivity index (χ0) is 18.7. The predicted molar refractivity (Wildman–Crippen MR) is 104 cm³/mol. The highest BCUT2D eigenvalue weighted by atomic mass is 32.2. The molecule has 1 aromatic carbocycles. The van der Waals surface area contributed by atoms with Crippen molar-refractivity contribution in [3.63, 3.8) is 0 Å². The van der Waals surface area contributed by atoms with E-state index in [2.05, 4.69) is 0 Å². The van der Waals surface area contributed by atoms with E-state index in [1.807, 2.05) is 31.4 Å². The van der Waals surface area contributed by atoms with Crippen molar-refractivity contribution >= 4 is 27.1 Å². The monoisotopic (exact) mass is 393 g/mol. The molecular weight excluding hydrogens is 370 g/mol. The number of rotatable bonds is 6. The van der Waals surface area contributed by atoms with Crippen LogP contribution in [0, 0.1) is 6.92 Å². The third-order valence-electron chi connectivity index (χ3n) is 4.58. The van der Waals surface area contributed by atoms with Gasteiger partial charge >= 0.3 is 0 Å². The zero-order valence-corrected chi connectivity index (χ0v) is 16.6. The minimum Gasteiger partial charge on any atom is -0.494 e. The first-order valence-electron chi connectivity index (χ1n) is 8.67. The first kappa shape index (κ1) is 18.9. The summed E-state index contributed by atoms with van der Waals surface area (Å²) in [5.41, 5.74) is 1.64. The number of thiophene rings is 1. The Hall–Kier alpha value is -1.86. The van der Waals surface area contributed by atoms with Gasteiger partial charge in [-0.25, -0.2) is 8.42 Å². The fourth-order valence-corrected chi connectivity index (χ4v) is 5.79. The van der Waals surface area contributed by atoms with Crippen LogP contribution in [0.3, 0.4) is 0 Å². The van der Waals surface area contributed by atoms with Gasteiger partial charge in [-0.2, -0.15) is 0 Å². The molecule has 1 atom stereocenters. The largest absolute Gasteiger partial charge is 0.494 e. The van der Waals surface area contributed by atoms with Crippen molar-refractivity contribution in [2.45, 2.75) is 32.9 Å². The third kappa shape index (κ3) is 4.27. The van der Waals surface area contributed by atoms with Crippen LogP contribution in [0.5, 0.6) is 5.75 Å². The molecule has 1 aliphatic rings. The molecule has 7 heteroatoms. The normalized spacial score (nSPS) is 18.6. The number of ether oxygens (including phenoxy) is 1. The summed E-state index contributed by atoms with van der Waals surface area (Å²) in [6, 6.07) is 8.81. The smallest absolute Gasteiger partial charge is 0.254 e. The van der Waals surface area contributed by atoms with Gasteiger partial charge in [-0.15, -0.1) is 11.3 Å². The van der Waals surface area contributed by atoms with Gasteiger partial charge < -0.3 is 9.64 Å². The lowest BCUT2D eigenvalue weighted by Gasteiger charge is -2.28. The van der Waals surface area contributed by atoms with Crippen LogP contribution in [-0.4, -0.2) is 43.4 Å². The maximum Gasteiger partial charge on any atom is 0.254 e. The molecular formula is C19H23NO4S2. The van der Waals surface area contributed by atoms with Gasteiger partial charge in [0.25, 0.3) is 5.91 Å². The van der Waals surface area contributed by atoms with Crippen molar-refractivity contribution in [3.05, 3.63) is 51.7 Å². The van der Waals surface area contributed by atoms with Crippen LogP contribution < -0.4 is 4.74 Å². The highest BCUT2D eigenvalue weighted by Gasteiger charge is 2.35. The third-order valence-corrected chi connectivity index (χ3v) is 7.34. The van der Waals surface area contributed by atoms with Gasteiger partial charge in [-0.05, 0) is 55.5 Å². The van der Waals surface area contributed by atoms with Crippen LogP contribution >= 0.6 is 11.3 Å². The Balaban J connectivity index is 1.90. The Morgan fingerprint density at radius 3 is 2.77 bits per heavy atom. The molecule has 2 aromatic rings. The van der Waals surface area contributed by atoms with Gasteiger partial charge in [-0.3, -0.25) is 4.79 Å². The summed E-state index contributed by atoms with van der Waals surface area (Å²) in [5, 5.41) is 1.99. The van der Waals surface area contributed by atoms with E-state index in [1.54, 1.807) is 34.4 Å². The Morgan fingerprint density at radius 2 is 2.15 bits per heavy atom. The molecule has 1 aliphatic heterocycles. The maximum absolute atomic E-state index is 13.2. The summed E-state index contributed by atoms with van der Waals surface area (Å²) in [5.74, 6) is 0.670. The molecule has 3 rings (SSSR count). The number of hydrogen-bond acceptors (Lipinski definition) is 5. The molecule has 0 aliphatic carbocycles. The molecule has 1 unspecified atom stereocenters. The number of hydrogen-bond donors (Lipinski definition) is 0. The Bertz CT molecular complexity index is 888. The summed E-state index contributed by atoms with van der Waals surface area (Å²) in [7, 11) is -3.08. The van der Waals surface area contributed by atoms with E-state index in [4.69, 9.17) is 4.74 Å². The van der Waals surface area contributed by atoms with E-state index >= 15 is 0 Å². The minimum absolute atomic E-state index is 0.0360. The lowest BCUT2D eigenvalue weighted by Crippen LogP contribution is -2.40. The van der Waals surface area contributed by atoms with Crippen LogP contribution in [0.25, 0.3) is 0 Å². The second kappa shape index (κ2) is 7.80. The molecule has 1 fully saturated rings. The molecule has 2 heterocycles. The molecule has 5 nitrogen and oxygen atoms in total. The fourth-order valence-electron chi connectivity index (χ4n) is 3.16. The molecule has 0 spiro atoms. The maximum atomic E-state index is 13.2. The van der Waals surface area contributed by atoms with Gasteiger partial charge in [0.05, 0.1) is 24.7 Å². The number of amides is 1. The Labute approximate surface area is 158 Å². The number of sulfone groups is 1. The Kier molecular flexibility index (Phi) is 5.67. The topological polar surface area (TPSA) is 63.7 Å². The van der Waals surface area contributed by atoms with E-state index in [0.717, 1.165) is 10.4 Å². The highest BCUT2D eigenvalue weighted by Crippen LogP contribution is 2.26. The lowest BCUT2D eigenvalue weighted by molar-refractivity contribution is 0.0682. The Morgan fingerprint density at radius 1 is 1.35 bits per heavy atom. The van der Waals surface area contributed by atoms with E-state index < -0.39 is 9.84 Å². The molecule has 140 valence electrons. The first-order chi connectivity index (χ1) is 12.4. The van der Waals surface area contributed by atoms with Crippen molar-refractivity contribution < 1.29 is 17.9 Å². The van der Waals surface area contributed by atoms with Gasteiger partial charge in [0.15, 0.2) is 9.84 Å². The molecule has 1 amide bonds. The van der Waals surface area contributed by atoms with E-state index in [-0.39, 0.29) is 23.5 Å². The van der Waals surface area contributed by atoms with Crippen molar-refractivity contribution in [3.8, 4) is 5.75 Å². The van der Waals surface area contributed by atoms with Crippen LogP contribution in [-0.2, 0) is 16.4 Å². The van der Waals surface area contributed by atoms with Crippen LogP contribution in [0.2, 0.25) is 0 Å². The molecule has 0 N–H and O–H groups in total. The quantitative estimate of drug-likeness (QED) is 0.755. The second-order valence-electron chi connectivity index (χ2n) is 6.48. The van der Waals surface area contributed by atoms with Crippen molar-refractivity contribution in [2.75, 3.05) is 18.1 Å². The summed E-state index contributed by atoms with van der Waals surface area (Å²) in [4.78, 5) is 16.0. The fraction of sp³-hybridized carbons (Fsp3) is 0.421. The number of aryl methyl sites for hydroxylation is 1. The van der Waals surface area contributed by atoms with E-state index in [1.165, 1.54) is 0 Å². The van der Waals surface area contributed by atoms with Crippen LogP contribution in [0.1, 0.15) is 34.1 Å².